The third-order valence-corrected chi connectivity index (χ3v) is 2.69. The van der Waals surface area contributed by atoms with E-state index in [-0.39, 0.29) is 12.6 Å². The van der Waals surface area contributed by atoms with Gasteiger partial charge < -0.3 is 34.3 Å². The molecule has 0 rings (SSSR count). The van der Waals surface area contributed by atoms with E-state index in [0.29, 0.717) is 59.3 Å². The molecule has 8 heteroatoms. The molecule has 8 nitrogen and oxygen atoms in total. The van der Waals surface area contributed by atoms with Gasteiger partial charge in [0.1, 0.15) is 6.73 Å². The number of ether oxygens (including phenoxy) is 5. The molecule has 0 aliphatic carbocycles. The minimum atomic E-state index is -0.0996. The Morgan fingerprint density at radius 2 is 1.43 bits per heavy atom. The van der Waals surface area contributed by atoms with Crippen molar-refractivity contribution in [1.82, 2.24) is 10.6 Å². The maximum Gasteiger partial charge on any atom is 0.224 e. The fourth-order valence-corrected chi connectivity index (χ4v) is 1.46. The van der Waals surface area contributed by atoms with E-state index in [2.05, 4.69) is 17.6 Å². The SMILES string of the molecule is CCNCCOCCOCCOCCC(=O)NCOCCOC. The number of rotatable bonds is 18. The first-order valence-electron chi connectivity index (χ1n) is 8.08. The van der Waals surface area contributed by atoms with Gasteiger partial charge in [0.15, 0.2) is 0 Å². The van der Waals surface area contributed by atoms with E-state index in [0.717, 1.165) is 13.1 Å². The maximum absolute atomic E-state index is 11.4. The van der Waals surface area contributed by atoms with Crippen LogP contribution in [0.4, 0.5) is 0 Å². The normalized spacial score (nSPS) is 10.9. The number of methoxy groups -OCH3 is 1. The van der Waals surface area contributed by atoms with Crippen LogP contribution in [0.15, 0.2) is 0 Å². The van der Waals surface area contributed by atoms with Crippen molar-refractivity contribution in [3.63, 3.8) is 0 Å². The molecule has 0 aromatic carbocycles. The number of likely N-dealkylation sites (N-methyl/N-ethyl adjacent to an activating group) is 1. The first-order valence-corrected chi connectivity index (χ1v) is 8.08. The number of hydrogen-bond donors (Lipinski definition) is 2. The summed E-state index contributed by atoms with van der Waals surface area (Å²) in [6.07, 6.45) is 0.307. The second-order valence-electron chi connectivity index (χ2n) is 4.59. The zero-order chi connectivity index (χ0) is 17.0. The zero-order valence-electron chi connectivity index (χ0n) is 14.4. The van der Waals surface area contributed by atoms with Crippen molar-refractivity contribution < 1.29 is 28.5 Å². The lowest BCUT2D eigenvalue weighted by atomic mass is 10.4. The third kappa shape index (κ3) is 19.2. The number of hydrogen-bond acceptors (Lipinski definition) is 7. The highest BCUT2D eigenvalue weighted by Crippen LogP contribution is 1.86. The van der Waals surface area contributed by atoms with Crippen LogP contribution in [-0.4, -0.2) is 85.7 Å². The molecule has 2 N–H and O–H groups in total. The van der Waals surface area contributed by atoms with Crippen LogP contribution in [0, 0.1) is 0 Å². The summed E-state index contributed by atoms with van der Waals surface area (Å²) in [5.74, 6) is -0.0996. The van der Waals surface area contributed by atoms with E-state index < -0.39 is 0 Å². The molecule has 0 aliphatic rings. The van der Waals surface area contributed by atoms with Gasteiger partial charge in [-0.15, -0.1) is 0 Å². The van der Waals surface area contributed by atoms with Gasteiger partial charge in [-0.1, -0.05) is 6.92 Å². The zero-order valence-corrected chi connectivity index (χ0v) is 14.4. The van der Waals surface area contributed by atoms with E-state index in [1.165, 1.54) is 0 Å². The Kier molecular flexibility index (Phi) is 18.6. The summed E-state index contributed by atoms with van der Waals surface area (Å²) in [4.78, 5) is 11.4. The van der Waals surface area contributed by atoms with Crippen molar-refractivity contribution in [2.75, 3.05) is 79.8 Å². The molecular weight excluding hydrogens is 304 g/mol. The largest absolute Gasteiger partial charge is 0.382 e. The molecule has 138 valence electrons. The molecule has 23 heavy (non-hydrogen) atoms. The van der Waals surface area contributed by atoms with Gasteiger partial charge in [-0.25, -0.2) is 0 Å². The highest BCUT2D eigenvalue weighted by Gasteiger charge is 2.00. The molecule has 0 atom stereocenters. The van der Waals surface area contributed by atoms with Crippen LogP contribution < -0.4 is 10.6 Å². The molecule has 0 aromatic rings. The summed E-state index contributed by atoms with van der Waals surface area (Å²) >= 11 is 0. The van der Waals surface area contributed by atoms with Crippen LogP contribution in [-0.2, 0) is 28.5 Å². The van der Waals surface area contributed by atoms with Crippen molar-refractivity contribution in [1.29, 1.82) is 0 Å². The van der Waals surface area contributed by atoms with Gasteiger partial charge in [0, 0.05) is 13.7 Å². The Labute approximate surface area is 139 Å². The van der Waals surface area contributed by atoms with Gasteiger partial charge in [0.2, 0.25) is 5.91 Å². The predicted molar refractivity (Wildman–Crippen MR) is 86.5 cm³/mol. The van der Waals surface area contributed by atoms with E-state index in [4.69, 9.17) is 23.7 Å². The molecule has 0 unspecified atom stereocenters. The van der Waals surface area contributed by atoms with Gasteiger partial charge in [0.05, 0.1) is 59.3 Å². The highest BCUT2D eigenvalue weighted by atomic mass is 16.5. The summed E-state index contributed by atoms with van der Waals surface area (Å²) in [6.45, 7) is 8.20. The van der Waals surface area contributed by atoms with E-state index in [9.17, 15) is 4.79 Å². The Morgan fingerprint density at radius 3 is 2.09 bits per heavy atom. The molecule has 1 amide bonds. The topological polar surface area (TPSA) is 87.3 Å². The average molecular weight is 336 g/mol. The van der Waals surface area contributed by atoms with Gasteiger partial charge in [0.25, 0.3) is 0 Å². The van der Waals surface area contributed by atoms with Crippen molar-refractivity contribution in [3.8, 4) is 0 Å². The lowest BCUT2D eigenvalue weighted by Gasteiger charge is -2.08. The molecule has 0 spiro atoms. The molecular formula is C15H32N2O6. The summed E-state index contributed by atoms with van der Waals surface area (Å²) < 4.78 is 26.0. The molecule has 0 heterocycles. The van der Waals surface area contributed by atoms with E-state index in [1.807, 2.05) is 0 Å². The predicted octanol–water partition coefficient (Wildman–Crippen LogP) is -0.227. The smallest absolute Gasteiger partial charge is 0.224 e. The molecule has 0 fully saturated rings. The minimum Gasteiger partial charge on any atom is -0.382 e. The number of amides is 1. The van der Waals surface area contributed by atoms with Crippen molar-refractivity contribution >= 4 is 5.91 Å². The van der Waals surface area contributed by atoms with E-state index in [1.54, 1.807) is 7.11 Å². The van der Waals surface area contributed by atoms with Crippen LogP contribution >= 0.6 is 0 Å². The number of carbonyl (C=O) groups is 1. The molecule has 0 aromatic heterocycles. The fourth-order valence-electron chi connectivity index (χ4n) is 1.46. The second-order valence-corrected chi connectivity index (χ2v) is 4.59. The van der Waals surface area contributed by atoms with Crippen LogP contribution in [0.25, 0.3) is 0 Å². The number of nitrogens with one attached hydrogen (secondary N) is 2. The summed E-state index contributed by atoms with van der Waals surface area (Å²) in [7, 11) is 1.60. The van der Waals surface area contributed by atoms with Crippen molar-refractivity contribution in [2.24, 2.45) is 0 Å². The summed E-state index contributed by atoms with van der Waals surface area (Å²) in [5.41, 5.74) is 0. The number of carbonyl (C=O) groups excluding carboxylic acids is 1. The molecule has 0 bridgehead atoms. The van der Waals surface area contributed by atoms with Crippen molar-refractivity contribution in [2.45, 2.75) is 13.3 Å². The first-order chi connectivity index (χ1) is 11.3. The van der Waals surface area contributed by atoms with Gasteiger partial charge in [-0.05, 0) is 6.54 Å². The molecule has 0 radical (unpaired) electrons. The quantitative estimate of drug-likeness (QED) is 0.264. The van der Waals surface area contributed by atoms with E-state index >= 15 is 0 Å². The molecule has 0 saturated carbocycles. The summed E-state index contributed by atoms with van der Waals surface area (Å²) in [5, 5.41) is 5.80. The van der Waals surface area contributed by atoms with Crippen LogP contribution in [0.1, 0.15) is 13.3 Å². The molecule has 0 aliphatic heterocycles. The Morgan fingerprint density at radius 1 is 0.826 bits per heavy atom. The standard InChI is InChI=1S/C15H32N2O6/c1-3-16-5-7-21-11-13-22-12-10-20-6-4-15(18)17-14-23-9-8-19-2/h16H,3-14H2,1-2H3,(H,17,18). The minimum absolute atomic E-state index is 0.0996. The van der Waals surface area contributed by atoms with Gasteiger partial charge >= 0.3 is 0 Å². The summed E-state index contributed by atoms with van der Waals surface area (Å²) in [6, 6.07) is 0. The highest BCUT2D eigenvalue weighted by molar-refractivity contribution is 5.75. The van der Waals surface area contributed by atoms with Gasteiger partial charge in [-0.3, -0.25) is 4.79 Å². The van der Waals surface area contributed by atoms with Crippen LogP contribution in [0.5, 0.6) is 0 Å². The van der Waals surface area contributed by atoms with Gasteiger partial charge in [-0.2, -0.15) is 0 Å². The van der Waals surface area contributed by atoms with Crippen LogP contribution in [0.3, 0.4) is 0 Å². The first kappa shape index (κ1) is 22.2. The Hall–Kier alpha value is -0.770. The lowest BCUT2D eigenvalue weighted by molar-refractivity contribution is -0.124. The fraction of sp³-hybridized carbons (Fsp3) is 0.933. The third-order valence-electron chi connectivity index (χ3n) is 2.69. The van der Waals surface area contributed by atoms with Crippen molar-refractivity contribution in [3.05, 3.63) is 0 Å². The Bertz CT molecular complexity index is 256. The lowest BCUT2D eigenvalue weighted by Crippen LogP contribution is -2.27. The van der Waals surface area contributed by atoms with Crippen LogP contribution in [0.2, 0.25) is 0 Å². The molecule has 0 saturated heterocycles. The average Bonchev–Trinajstić information content (AvgIpc) is 2.55. The maximum atomic E-state index is 11.4. The second kappa shape index (κ2) is 19.3. The monoisotopic (exact) mass is 336 g/mol. The Balaban J connectivity index is 3.10.